The summed E-state index contributed by atoms with van der Waals surface area (Å²) in [5.41, 5.74) is 0. The van der Waals surface area contributed by atoms with Crippen LogP contribution in [0, 0.1) is 0 Å². The van der Waals surface area contributed by atoms with Crippen LogP contribution in [0.4, 0.5) is 0 Å². The molecule has 17 heavy (non-hydrogen) atoms. The van der Waals surface area contributed by atoms with Crippen molar-refractivity contribution in [3.05, 3.63) is 0 Å². The minimum absolute atomic E-state index is 0.972. The molecular weight excluding hydrogens is 373 g/mol. The van der Waals surface area contributed by atoms with E-state index in [1.165, 1.54) is 14.2 Å². The first-order chi connectivity index (χ1) is 7.33. The summed E-state index contributed by atoms with van der Waals surface area (Å²) in [5.74, 6) is 0. The number of ether oxygens (including phenoxy) is 2. The Bertz CT molecular complexity index is 240. The van der Waals surface area contributed by atoms with Crippen LogP contribution < -0.4 is 0 Å². The summed E-state index contributed by atoms with van der Waals surface area (Å²) in [4.78, 5) is -2.49. The van der Waals surface area contributed by atoms with Crippen molar-refractivity contribution in [2.75, 3.05) is 14.2 Å². The monoisotopic (exact) mass is 382 g/mol. The van der Waals surface area contributed by atoms with Gasteiger partial charge in [-0.15, -0.1) is 0 Å². The maximum Gasteiger partial charge on any atom is 0.228 e. The summed E-state index contributed by atoms with van der Waals surface area (Å²) >= 11 is 36.1. The van der Waals surface area contributed by atoms with Crippen LogP contribution in [0.25, 0.3) is 0 Å². The third-order valence-corrected chi connectivity index (χ3v) is 6.76. The van der Waals surface area contributed by atoms with Crippen LogP contribution in [-0.4, -0.2) is 31.7 Å². The van der Waals surface area contributed by atoms with Crippen molar-refractivity contribution in [3.8, 4) is 0 Å². The SMILES string of the molecule is COC(C)(SC(C)(OC)C(Cl)(Cl)Cl)C(Cl)(Cl)Cl. The highest BCUT2D eigenvalue weighted by Crippen LogP contribution is 2.57. The van der Waals surface area contributed by atoms with Crippen molar-refractivity contribution in [1.82, 2.24) is 0 Å². The van der Waals surface area contributed by atoms with E-state index in [9.17, 15) is 0 Å². The standard InChI is InChI=1S/C8H12Cl6O2S/c1-5(15-3,7(9,10)11)17-6(2,16-4)8(12,13)14/h1-4H3. The quantitative estimate of drug-likeness (QED) is 0.491. The van der Waals surface area contributed by atoms with E-state index in [0.717, 1.165) is 11.8 Å². The van der Waals surface area contributed by atoms with Gasteiger partial charge in [-0.1, -0.05) is 81.4 Å². The van der Waals surface area contributed by atoms with Crippen LogP contribution in [0.15, 0.2) is 0 Å². The summed E-state index contributed by atoms with van der Waals surface area (Å²) in [5, 5.41) is 0. The first kappa shape index (κ1) is 19.0. The molecule has 0 aromatic rings. The topological polar surface area (TPSA) is 18.5 Å². The van der Waals surface area contributed by atoms with E-state index >= 15 is 0 Å². The van der Waals surface area contributed by atoms with Crippen molar-refractivity contribution in [2.45, 2.75) is 31.3 Å². The second kappa shape index (κ2) is 6.19. The Morgan fingerprint density at radius 2 is 0.941 bits per heavy atom. The number of hydrogen-bond acceptors (Lipinski definition) is 3. The predicted octanol–water partition coefficient (Wildman–Crippen LogP) is 5.19. The summed E-state index contributed by atoms with van der Waals surface area (Å²) in [7, 11) is 2.78. The van der Waals surface area contributed by atoms with Gasteiger partial charge in [0, 0.05) is 14.2 Å². The maximum atomic E-state index is 5.85. The molecule has 0 amide bonds. The smallest absolute Gasteiger partial charge is 0.228 e. The third-order valence-electron chi connectivity index (χ3n) is 2.20. The molecule has 9 heteroatoms. The lowest BCUT2D eigenvalue weighted by atomic mass is 10.4. The van der Waals surface area contributed by atoms with Gasteiger partial charge in [-0.3, -0.25) is 0 Å². The average Bonchev–Trinajstić information content (AvgIpc) is 2.13. The van der Waals surface area contributed by atoms with E-state index in [-0.39, 0.29) is 0 Å². The van der Waals surface area contributed by atoms with E-state index < -0.39 is 17.5 Å². The number of halogens is 6. The minimum Gasteiger partial charge on any atom is -0.363 e. The predicted molar refractivity (Wildman–Crippen MR) is 79.0 cm³/mol. The zero-order valence-corrected chi connectivity index (χ0v) is 14.8. The molecule has 0 rings (SSSR count). The Morgan fingerprint density at radius 3 is 1.06 bits per heavy atom. The summed E-state index contributed by atoms with van der Waals surface area (Å²) < 4.78 is 6.97. The van der Waals surface area contributed by atoms with Gasteiger partial charge >= 0.3 is 0 Å². The first-order valence-electron chi connectivity index (χ1n) is 4.27. The minimum atomic E-state index is -1.72. The number of alkyl halides is 6. The highest BCUT2D eigenvalue weighted by Gasteiger charge is 2.56. The van der Waals surface area contributed by atoms with Gasteiger partial charge in [-0.25, -0.2) is 0 Å². The van der Waals surface area contributed by atoms with Crippen LogP contribution in [0.2, 0.25) is 0 Å². The molecule has 104 valence electrons. The number of rotatable bonds is 4. The molecule has 2 nitrogen and oxygen atoms in total. The molecule has 0 saturated heterocycles. The second-order valence-corrected chi connectivity index (χ2v) is 9.72. The lowest BCUT2D eigenvalue weighted by Gasteiger charge is -2.43. The molecule has 0 heterocycles. The Labute approximate surface area is 135 Å². The molecule has 0 radical (unpaired) electrons. The zero-order chi connectivity index (χ0) is 14.1. The van der Waals surface area contributed by atoms with Gasteiger partial charge in [0.2, 0.25) is 7.59 Å². The maximum absolute atomic E-state index is 5.85. The normalized spacial score (nSPS) is 20.8. The molecule has 0 saturated carbocycles. The fourth-order valence-corrected chi connectivity index (χ4v) is 3.10. The fraction of sp³-hybridized carbons (Fsp3) is 1.00. The summed E-state index contributed by atoms with van der Waals surface area (Å²) in [6.45, 7) is 3.14. The van der Waals surface area contributed by atoms with Gasteiger partial charge in [-0.05, 0) is 13.8 Å². The highest BCUT2D eigenvalue weighted by atomic mass is 35.6. The molecule has 0 spiro atoms. The molecule has 0 N–H and O–H groups in total. The van der Waals surface area contributed by atoms with Crippen molar-refractivity contribution in [2.24, 2.45) is 0 Å². The first-order valence-corrected chi connectivity index (χ1v) is 7.35. The van der Waals surface area contributed by atoms with Crippen molar-refractivity contribution < 1.29 is 9.47 Å². The molecule has 0 aromatic heterocycles. The molecular formula is C8H12Cl6O2S. The van der Waals surface area contributed by atoms with E-state index in [1.807, 2.05) is 0 Å². The fourth-order valence-electron chi connectivity index (χ4n) is 0.802. The van der Waals surface area contributed by atoms with Gasteiger partial charge in [-0.2, -0.15) is 0 Å². The molecule has 2 atom stereocenters. The van der Waals surface area contributed by atoms with Crippen molar-refractivity contribution >= 4 is 81.4 Å². The second-order valence-electron chi connectivity index (χ2n) is 3.40. The summed E-state index contributed by atoms with van der Waals surface area (Å²) in [6.07, 6.45) is 0. The van der Waals surface area contributed by atoms with E-state index in [4.69, 9.17) is 79.1 Å². The Kier molecular flexibility index (Phi) is 6.92. The summed E-state index contributed by atoms with van der Waals surface area (Å²) in [6, 6.07) is 0. The van der Waals surface area contributed by atoms with Gasteiger partial charge in [0.15, 0.2) is 9.87 Å². The van der Waals surface area contributed by atoms with Crippen molar-refractivity contribution in [3.63, 3.8) is 0 Å². The van der Waals surface area contributed by atoms with Crippen molar-refractivity contribution in [1.29, 1.82) is 0 Å². The number of thioether (sulfide) groups is 1. The van der Waals surface area contributed by atoms with Gasteiger partial charge in [0.1, 0.15) is 0 Å². The van der Waals surface area contributed by atoms with Crippen LogP contribution in [0.3, 0.4) is 0 Å². The average molecular weight is 385 g/mol. The van der Waals surface area contributed by atoms with Gasteiger partial charge < -0.3 is 9.47 Å². The van der Waals surface area contributed by atoms with Gasteiger partial charge in [0.05, 0.1) is 0 Å². The molecule has 0 bridgehead atoms. The molecule has 0 aromatic carbocycles. The van der Waals surface area contributed by atoms with Crippen LogP contribution >= 0.6 is 81.4 Å². The Balaban J connectivity index is 5.27. The van der Waals surface area contributed by atoms with Gasteiger partial charge in [0.25, 0.3) is 0 Å². The molecule has 0 aliphatic heterocycles. The number of hydrogen-bond donors (Lipinski definition) is 0. The van der Waals surface area contributed by atoms with Crippen LogP contribution in [0.1, 0.15) is 13.8 Å². The van der Waals surface area contributed by atoms with E-state index in [2.05, 4.69) is 0 Å². The molecule has 2 unspecified atom stereocenters. The van der Waals surface area contributed by atoms with Crippen LogP contribution in [-0.2, 0) is 9.47 Å². The Morgan fingerprint density at radius 1 is 0.706 bits per heavy atom. The lowest BCUT2D eigenvalue weighted by molar-refractivity contribution is 0.0615. The number of methoxy groups -OCH3 is 2. The highest BCUT2D eigenvalue weighted by molar-refractivity contribution is 8.02. The van der Waals surface area contributed by atoms with Crippen LogP contribution in [0.5, 0.6) is 0 Å². The largest absolute Gasteiger partial charge is 0.363 e. The zero-order valence-electron chi connectivity index (χ0n) is 9.49. The molecule has 0 fully saturated rings. The third kappa shape index (κ3) is 4.51. The molecule has 0 aliphatic carbocycles. The van der Waals surface area contributed by atoms with E-state index in [1.54, 1.807) is 13.8 Å². The molecule has 0 aliphatic rings. The lowest BCUT2D eigenvalue weighted by Crippen LogP contribution is -2.48. The van der Waals surface area contributed by atoms with E-state index in [0.29, 0.717) is 0 Å². The Hall–Kier alpha value is 2.01.